The van der Waals surface area contributed by atoms with Gasteiger partial charge in [0.05, 0.1) is 0 Å². The van der Waals surface area contributed by atoms with E-state index in [0.29, 0.717) is 24.7 Å². The molecule has 0 atom stereocenters. The fraction of sp³-hybridized carbons (Fsp3) is 0.308. The van der Waals surface area contributed by atoms with Gasteiger partial charge < -0.3 is 10.2 Å². The maximum atomic E-state index is 12.1. The van der Waals surface area contributed by atoms with Crippen LogP contribution in [-0.2, 0) is 4.79 Å². The van der Waals surface area contributed by atoms with Gasteiger partial charge >= 0.3 is 0 Å². The van der Waals surface area contributed by atoms with Crippen LogP contribution in [0.3, 0.4) is 0 Å². The van der Waals surface area contributed by atoms with Gasteiger partial charge in [0, 0.05) is 30.7 Å². The molecular weight excluding hydrogens is 264 g/mol. The summed E-state index contributed by atoms with van der Waals surface area (Å²) in [7, 11) is 0. The zero-order chi connectivity index (χ0) is 13.9. The maximum absolute atomic E-state index is 12.1. The number of carbonyl (C=O) groups excluding carboxylic acids is 1. The molecule has 0 spiro atoms. The summed E-state index contributed by atoms with van der Waals surface area (Å²) in [5.41, 5.74) is 12.5. The minimum Gasteiger partial charge on any atom is -0.310 e. The lowest BCUT2D eigenvalue weighted by atomic mass is 10.2. The highest BCUT2D eigenvalue weighted by Crippen LogP contribution is 2.16. The lowest BCUT2D eigenvalue weighted by Gasteiger charge is -2.41. The Morgan fingerprint density at radius 3 is 2.84 bits per heavy atom. The number of amides is 1. The number of rotatable bonds is 2. The van der Waals surface area contributed by atoms with Gasteiger partial charge in [-0.25, -0.2) is 0 Å². The number of halogens is 1. The van der Waals surface area contributed by atoms with Crippen LogP contribution in [0, 0.1) is 0 Å². The Labute approximate surface area is 117 Å². The van der Waals surface area contributed by atoms with Crippen LogP contribution in [-0.4, -0.2) is 36.2 Å². The van der Waals surface area contributed by atoms with Crippen molar-refractivity contribution in [1.82, 2.24) is 10.2 Å². The molecule has 1 amide bonds. The number of carbonyl (C=O) groups is 1. The Kier molecular flexibility index (Phi) is 4.21. The van der Waals surface area contributed by atoms with Crippen molar-refractivity contribution in [2.75, 3.05) is 19.6 Å². The van der Waals surface area contributed by atoms with Crippen molar-refractivity contribution < 1.29 is 4.79 Å². The Balaban J connectivity index is 2.11. The summed E-state index contributed by atoms with van der Waals surface area (Å²) in [6.45, 7) is 1.54. The molecule has 1 aromatic rings. The van der Waals surface area contributed by atoms with E-state index in [1.54, 1.807) is 12.1 Å². The van der Waals surface area contributed by atoms with Gasteiger partial charge in [-0.2, -0.15) is 0 Å². The monoisotopic (exact) mass is 280 g/mol. The van der Waals surface area contributed by atoms with Crippen molar-refractivity contribution in [3.05, 3.63) is 40.9 Å². The van der Waals surface area contributed by atoms with Crippen molar-refractivity contribution in [1.29, 1.82) is 0 Å². The lowest BCUT2D eigenvalue weighted by Crippen LogP contribution is -2.73. The summed E-state index contributed by atoms with van der Waals surface area (Å²) >= 11 is 6.01. The predicted molar refractivity (Wildman–Crippen MR) is 76.2 cm³/mol. The van der Waals surface area contributed by atoms with E-state index < -0.39 is 5.79 Å². The Morgan fingerprint density at radius 1 is 1.42 bits per heavy atom. The molecule has 0 radical (unpaired) electrons. The topological polar surface area (TPSA) is 84.4 Å². The molecule has 1 aliphatic heterocycles. The van der Waals surface area contributed by atoms with Crippen molar-refractivity contribution >= 4 is 23.6 Å². The first-order chi connectivity index (χ1) is 9.00. The van der Waals surface area contributed by atoms with E-state index in [2.05, 4.69) is 5.32 Å². The molecule has 0 aromatic heterocycles. The first kappa shape index (κ1) is 14.0. The summed E-state index contributed by atoms with van der Waals surface area (Å²) < 4.78 is 0. The van der Waals surface area contributed by atoms with Crippen molar-refractivity contribution in [2.45, 2.75) is 5.79 Å². The van der Waals surface area contributed by atoms with Crippen LogP contribution in [0.4, 0.5) is 0 Å². The van der Waals surface area contributed by atoms with Crippen LogP contribution in [0.25, 0.3) is 6.08 Å². The van der Waals surface area contributed by atoms with Gasteiger partial charge in [-0.05, 0) is 17.7 Å². The van der Waals surface area contributed by atoms with Gasteiger partial charge in [0.25, 0.3) is 0 Å². The minimum atomic E-state index is -1.15. The largest absolute Gasteiger partial charge is 0.310 e. The Hall–Kier alpha value is -1.40. The van der Waals surface area contributed by atoms with E-state index in [1.165, 1.54) is 11.0 Å². The Morgan fingerprint density at radius 2 is 2.16 bits per heavy atom. The van der Waals surface area contributed by atoms with Gasteiger partial charge in [-0.3, -0.25) is 16.3 Å². The molecule has 0 aliphatic carbocycles. The van der Waals surface area contributed by atoms with E-state index in [-0.39, 0.29) is 5.91 Å². The van der Waals surface area contributed by atoms with Crippen molar-refractivity contribution in [3.63, 3.8) is 0 Å². The number of benzene rings is 1. The smallest absolute Gasteiger partial charge is 0.249 e. The second-order valence-electron chi connectivity index (χ2n) is 4.51. The fourth-order valence-electron chi connectivity index (χ4n) is 1.96. The number of nitrogens with one attached hydrogen (secondary N) is 1. The van der Waals surface area contributed by atoms with Gasteiger partial charge in [-0.1, -0.05) is 29.8 Å². The molecular formula is C13H17ClN4O. The molecule has 1 heterocycles. The molecule has 6 heteroatoms. The van der Waals surface area contributed by atoms with Gasteiger partial charge in [0.2, 0.25) is 5.91 Å². The normalized spacial score (nSPS) is 18.8. The quantitative estimate of drug-likeness (QED) is 0.539. The third kappa shape index (κ3) is 3.33. The molecule has 1 aliphatic rings. The molecule has 5 N–H and O–H groups in total. The Bertz CT molecular complexity index is 501. The number of piperazine rings is 1. The maximum Gasteiger partial charge on any atom is 0.249 e. The fourth-order valence-corrected chi connectivity index (χ4v) is 2.16. The molecule has 1 fully saturated rings. The SMILES string of the molecule is NC1(N)CNCCN1C(=O)/C=C/c1ccccc1Cl. The van der Waals surface area contributed by atoms with Crippen LogP contribution in [0.5, 0.6) is 0 Å². The standard InChI is InChI=1S/C13H17ClN4O/c14-11-4-2-1-3-10(11)5-6-12(19)18-8-7-17-9-13(18,15)16/h1-6,17H,7-9,15-16H2/b6-5+. The number of nitrogens with zero attached hydrogens (tertiary/aromatic N) is 1. The van der Waals surface area contributed by atoms with E-state index in [1.807, 2.05) is 18.2 Å². The number of hydrogen-bond acceptors (Lipinski definition) is 4. The predicted octanol–water partition coefficient (Wildman–Crippen LogP) is 0.356. The zero-order valence-corrected chi connectivity index (χ0v) is 11.2. The van der Waals surface area contributed by atoms with Crippen molar-refractivity contribution in [3.8, 4) is 0 Å². The minimum absolute atomic E-state index is 0.216. The third-order valence-corrected chi connectivity index (χ3v) is 3.34. The van der Waals surface area contributed by atoms with Crippen LogP contribution in [0.1, 0.15) is 5.56 Å². The molecule has 1 saturated heterocycles. The zero-order valence-electron chi connectivity index (χ0n) is 10.5. The lowest BCUT2D eigenvalue weighted by molar-refractivity contribution is -0.133. The van der Waals surface area contributed by atoms with Crippen LogP contribution in [0.15, 0.2) is 30.3 Å². The second kappa shape index (κ2) is 5.71. The highest BCUT2D eigenvalue weighted by molar-refractivity contribution is 6.32. The first-order valence-corrected chi connectivity index (χ1v) is 6.41. The van der Waals surface area contributed by atoms with Crippen LogP contribution < -0.4 is 16.8 Å². The molecule has 0 bridgehead atoms. The molecule has 0 saturated carbocycles. The highest BCUT2D eigenvalue weighted by Gasteiger charge is 2.33. The van der Waals surface area contributed by atoms with E-state index >= 15 is 0 Å². The summed E-state index contributed by atoms with van der Waals surface area (Å²) in [6, 6.07) is 7.30. The number of nitrogens with two attached hydrogens (primary N) is 2. The molecule has 19 heavy (non-hydrogen) atoms. The van der Waals surface area contributed by atoms with Gasteiger partial charge in [-0.15, -0.1) is 0 Å². The second-order valence-corrected chi connectivity index (χ2v) is 4.92. The van der Waals surface area contributed by atoms with E-state index in [0.717, 1.165) is 5.56 Å². The van der Waals surface area contributed by atoms with Crippen LogP contribution in [0.2, 0.25) is 5.02 Å². The van der Waals surface area contributed by atoms with Crippen molar-refractivity contribution in [2.24, 2.45) is 11.5 Å². The summed E-state index contributed by atoms with van der Waals surface area (Å²) in [5.74, 6) is -1.37. The summed E-state index contributed by atoms with van der Waals surface area (Å²) in [5, 5.41) is 3.65. The molecule has 2 rings (SSSR count). The highest BCUT2D eigenvalue weighted by atomic mass is 35.5. The number of hydrogen-bond donors (Lipinski definition) is 3. The van der Waals surface area contributed by atoms with E-state index in [4.69, 9.17) is 23.1 Å². The molecule has 1 aromatic carbocycles. The van der Waals surface area contributed by atoms with E-state index in [9.17, 15) is 4.79 Å². The van der Waals surface area contributed by atoms with Gasteiger partial charge in [0.15, 0.2) is 5.79 Å². The summed E-state index contributed by atoms with van der Waals surface area (Å²) in [6.07, 6.45) is 3.11. The van der Waals surface area contributed by atoms with Crippen LogP contribution >= 0.6 is 11.6 Å². The molecule has 5 nitrogen and oxygen atoms in total. The first-order valence-electron chi connectivity index (χ1n) is 6.03. The third-order valence-electron chi connectivity index (χ3n) is 3.00. The average molecular weight is 281 g/mol. The molecule has 0 unspecified atom stereocenters. The average Bonchev–Trinajstić information content (AvgIpc) is 2.37. The van der Waals surface area contributed by atoms with Gasteiger partial charge in [0.1, 0.15) is 0 Å². The molecule has 102 valence electrons. The summed E-state index contributed by atoms with van der Waals surface area (Å²) in [4.78, 5) is 13.6.